The molecular formula is C10H15NS2. The van der Waals surface area contributed by atoms with Crippen molar-refractivity contribution in [3.63, 3.8) is 0 Å². The molecule has 0 aliphatic rings. The van der Waals surface area contributed by atoms with Crippen LogP contribution in [-0.2, 0) is 0 Å². The molecule has 13 heavy (non-hydrogen) atoms. The molecule has 0 spiro atoms. The van der Waals surface area contributed by atoms with Crippen LogP contribution >= 0.6 is 23.1 Å². The number of rotatable bonds is 1. The number of aryl methyl sites for hydroxylation is 1. The summed E-state index contributed by atoms with van der Waals surface area (Å²) >= 11 is 5.21. The van der Waals surface area contributed by atoms with Crippen molar-refractivity contribution < 1.29 is 0 Å². The zero-order chi connectivity index (χ0) is 9.84. The largest absolute Gasteiger partial charge is 0.343 e. The first-order chi connectivity index (χ1) is 6.09. The number of hydrogen-bond donors (Lipinski definition) is 2. The van der Waals surface area contributed by atoms with Crippen LogP contribution in [0.3, 0.4) is 0 Å². The monoisotopic (exact) mass is 213 g/mol. The van der Waals surface area contributed by atoms with Gasteiger partial charge in [0.15, 0.2) is 0 Å². The van der Waals surface area contributed by atoms with E-state index >= 15 is 0 Å². The number of benzene rings is 1. The molecule has 0 unspecified atom stereocenters. The summed E-state index contributed by atoms with van der Waals surface area (Å²) in [7, 11) is -0.173. The van der Waals surface area contributed by atoms with E-state index < -0.39 is 0 Å². The van der Waals surface area contributed by atoms with Crippen molar-refractivity contribution in [2.45, 2.75) is 6.92 Å². The smallest absolute Gasteiger partial charge is 0.117 e. The van der Waals surface area contributed by atoms with Crippen molar-refractivity contribution in [1.82, 2.24) is 0 Å². The first-order valence-electron chi connectivity index (χ1n) is 4.14. The van der Waals surface area contributed by atoms with Gasteiger partial charge in [-0.25, -0.2) is 10.9 Å². The molecule has 0 saturated heterocycles. The highest BCUT2D eigenvalue weighted by Gasteiger charge is 1.98. The van der Waals surface area contributed by atoms with Crippen molar-refractivity contribution in [2.75, 3.05) is 17.8 Å². The zero-order valence-corrected chi connectivity index (χ0v) is 9.88. The maximum absolute atomic E-state index is 5.21. The first-order valence-corrected chi connectivity index (χ1v) is 6.79. The Balaban J connectivity index is 2.65. The molecule has 1 rings (SSSR count). The number of hydrogen-bond acceptors (Lipinski definition) is 1. The van der Waals surface area contributed by atoms with Gasteiger partial charge in [0.2, 0.25) is 0 Å². The molecule has 1 nitrogen and oxygen atoms in total. The van der Waals surface area contributed by atoms with Crippen LogP contribution in [0.1, 0.15) is 5.56 Å². The second-order valence-electron chi connectivity index (χ2n) is 3.19. The van der Waals surface area contributed by atoms with E-state index in [1.54, 1.807) is 0 Å². The number of anilines is 1. The summed E-state index contributed by atoms with van der Waals surface area (Å²) in [4.78, 5) is 0. The van der Waals surface area contributed by atoms with Crippen LogP contribution in [0.4, 0.5) is 5.69 Å². The molecule has 1 aromatic rings. The van der Waals surface area contributed by atoms with Gasteiger partial charge < -0.3 is 5.32 Å². The van der Waals surface area contributed by atoms with Crippen LogP contribution in [0.15, 0.2) is 24.3 Å². The average Bonchev–Trinajstić information content (AvgIpc) is 2.08. The molecule has 72 valence electrons. The van der Waals surface area contributed by atoms with Crippen LogP contribution in [-0.4, -0.2) is 16.8 Å². The third-order valence-corrected chi connectivity index (χ3v) is 3.83. The maximum atomic E-state index is 5.21. The summed E-state index contributed by atoms with van der Waals surface area (Å²) in [6.07, 6.45) is 4.30. The van der Waals surface area contributed by atoms with Crippen molar-refractivity contribution in [3.05, 3.63) is 29.8 Å². The lowest BCUT2D eigenvalue weighted by molar-refractivity contribution is 1.47. The Morgan fingerprint density at radius 2 is 1.77 bits per heavy atom. The Morgan fingerprint density at radius 1 is 1.23 bits per heavy atom. The molecule has 1 N–H and O–H groups in total. The lowest BCUT2D eigenvalue weighted by Gasteiger charge is -2.13. The van der Waals surface area contributed by atoms with Gasteiger partial charge in [-0.1, -0.05) is 29.9 Å². The maximum Gasteiger partial charge on any atom is 0.117 e. The molecule has 0 bridgehead atoms. The third kappa shape index (κ3) is 3.36. The van der Waals surface area contributed by atoms with E-state index in [2.05, 4.69) is 49.0 Å². The fourth-order valence-corrected chi connectivity index (χ4v) is 1.34. The first kappa shape index (κ1) is 10.5. The average molecular weight is 213 g/mol. The number of thiocarbonyl (C=S) groups is 1. The van der Waals surface area contributed by atoms with Gasteiger partial charge in [-0.15, -0.1) is 0 Å². The van der Waals surface area contributed by atoms with Gasteiger partial charge in [0.05, 0.1) is 0 Å². The van der Waals surface area contributed by atoms with E-state index in [0.29, 0.717) is 0 Å². The molecule has 0 aliphatic carbocycles. The second kappa shape index (κ2) is 4.63. The van der Waals surface area contributed by atoms with Crippen LogP contribution < -0.4 is 5.32 Å². The normalized spacial score (nSPS) is 10.8. The summed E-state index contributed by atoms with van der Waals surface area (Å²) in [5, 5.41) is 3.23. The molecule has 0 atom stereocenters. The SMILES string of the molecule is Cc1ccc(NC(=S)[SH](C)C)cc1. The highest BCUT2D eigenvalue weighted by atomic mass is 32.2. The summed E-state index contributed by atoms with van der Waals surface area (Å²) in [6.45, 7) is 2.08. The van der Waals surface area contributed by atoms with Gasteiger partial charge in [0, 0.05) is 5.69 Å². The van der Waals surface area contributed by atoms with Gasteiger partial charge in [-0.3, -0.25) is 0 Å². The quantitative estimate of drug-likeness (QED) is 0.549. The summed E-state index contributed by atoms with van der Waals surface area (Å²) < 4.78 is 0.957. The minimum absolute atomic E-state index is 0.173. The van der Waals surface area contributed by atoms with Gasteiger partial charge >= 0.3 is 0 Å². The Kier molecular flexibility index (Phi) is 3.75. The summed E-state index contributed by atoms with van der Waals surface area (Å²) in [6, 6.07) is 8.28. The Morgan fingerprint density at radius 3 is 2.23 bits per heavy atom. The second-order valence-corrected chi connectivity index (χ2v) is 6.14. The third-order valence-electron chi connectivity index (χ3n) is 1.71. The van der Waals surface area contributed by atoms with Crippen molar-refractivity contribution >= 4 is 33.1 Å². The molecule has 0 amide bonds. The summed E-state index contributed by atoms with van der Waals surface area (Å²) in [5.74, 6) is 0. The molecule has 0 radical (unpaired) electrons. The predicted octanol–water partition coefficient (Wildman–Crippen LogP) is 2.95. The minimum Gasteiger partial charge on any atom is -0.343 e. The van der Waals surface area contributed by atoms with Crippen molar-refractivity contribution in [1.29, 1.82) is 0 Å². The lowest BCUT2D eigenvalue weighted by Crippen LogP contribution is -2.07. The van der Waals surface area contributed by atoms with Gasteiger partial charge in [-0.2, -0.15) is 0 Å². The number of thiol groups is 1. The number of nitrogens with one attached hydrogen (secondary N) is 1. The molecule has 0 fully saturated rings. The molecule has 3 heteroatoms. The molecular weight excluding hydrogens is 198 g/mol. The van der Waals surface area contributed by atoms with Crippen molar-refractivity contribution in [2.24, 2.45) is 0 Å². The molecule has 0 saturated carbocycles. The highest BCUT2D eigenvalue weighted by Crippen LogP contribution is 2.19. The van der Waals surface area contributed by atoms with E-state index in [1.807, 2.05) is 0 Å². The van der Waals surface area contributed by atoms with E-state index in [-0.39, 0.29) is 10.9 Å². The van der Waals surface area contributed by atoms with Crippen LogP contribution in [0.25, 0.3) is 0 Å². The van der Waals surface area contributed by atoms with Crippen LogP contribution in [0.5, 0.6) is 0 Å². The van der Waals surface area contributed by atoms with Crippen molar-refractivity contribution in [3.8, 4) is 0 Å². The molecule has 0 aromatic heterocycles. The standard InChI is InChI=1S/C10H15NS2/c1-8-4-6-9(7-5-8)11-10(12)13(2)3/h4-7,13H,1-3H3,(H,11,12). The fraction of sp³-hybridized carbons (Fsp3) is 0.300. The van der Waals surface area contributed by atoms with E-state index in [0.717, 1.165) is 10.0 Å². The van der Waals surface area contributed by atoms with E-state index in [1.165, 1.54) is 5.56 Å². The van der Waals surface area contributed by atoms with Gasteiger partial charge in [0.25, 0.3) is 0 Å². The molecule has 0 aliphatic heterocycles. The summed E-state index contributed by atoms with van der Waals surface area (Å²) in [5.41, 5.74) is 2.36. The highest BCUT2D eigenvalue weighted by molar-refractivity contribution is 8.35. The topological polar surface area (TPSA) is 12.0 Å². The predicted molar refractivity (Wildman–Crippen MR) is 68.2 cm³/mol. The minimum atomic E-state index is -0.173. The van der Waals surface area contributed by atoms with Gasteiger partial charge in [0.1, 0.15) is 4.32 Å². The fourth-order valence-electron chi connectivity index (χ4n) is 0.872. The Bertz CT molecular complexity index is 290. The Labute approximate surface area is 87.9 Å². The Hall–Kier alpha value is -0.540. The van der Waals surface area contributed by atoms with Crippen LogP contribution in [0.2, 0.25) is 0 Å². The van der Waals surface area contributed by atoms with Crippen LogP contribution in [0, 0.1) is 6.92 Å². The van der Waals surface area contributed by atoms with E-state index in [9.17, 15) is 0 Å². The van der Waals surface area contributed by atoms with Gasteiger partial charge in [-0.05, 0) is 31.6 Å². The van der Waals surface area contributed by atoms with E-state index in [4.69, 9.17) is 12.2 Å². The zero-order valence-electron chi connectivity index (χ0n) is 8.16. The lowest BCUT2D eigenvalue weighted by atomic mass is 10.2. The molecule has 1 aromatic carbocycles. The molecule has 0 heterocycles.